The number of rotatable bonds is 8. The zero-order chi connectivity index (χ0) is 22.5. The highest BCUT2D eigenvalue weighted by Crippen LogP contribution is 2.27. The Labute approximate surface area is 170 Å². The van der Waals surface area contributed by atoms with Gasteiger partial charge >= 0.3 is 12.3 Å². The van der Waals surface area contributed by atoms with Gasteiger partial charge in [0.05, 0.1) is 4.90 Å². The van der Waals surface area contributed by atoms with E-state index in [1.807, 2.05) is 0 Å². The van der Waals surface area contributed by atoms with E-state index in [0.29, 0.717) is 4.31 Å². The van der Waals surface area contributed by atoms with Crippen LogP contribution in [0.4, 0.5) is 13.2 Å². The summed E-state index contributed by atoms with van der Waals surface area (Å²) in [4.78, 5) is 22.7. The van der Waals surface area contributed by atoms with Crippen molar-refractivity contribution in [2.45, 2.75) is 11.3 Å². The number of aliphatic carboxylic acids is 1. The van der Waals surface area contributed by atoms with Crippen molar-refractivity contribution in [3.05, 3.63) is 65.7 Å². The summed E-state index contributed by atoms with van der Waals surface area (Å²) in [5, 5.41) is 8.72. The maximum atomic E-state index is 12.4. The number of allylic oxidation sites excluding steroid dienone is 1. The van der Waals surface area contributed by atoms with Crippen LogP contribution in [0.3, 0.4) is 0 Å². The third-order valence-corrected chi connectivity index (χ3v) is 5.58. The second-order valence-electron chi connectivity index (χ2n) is 5.96. The van der Waals surface area contributed by atoms with E-state index in [9.17, 15) is 31.2 Å². The Morgan fingerprint density at radius 1 is 1.10 bits per heavy atom. The lowest BCUT2D eigenvalue weighted by Crippen LogP contribution is -2.32. The van der Waals surface area contributed by atoms with E-state index in [2.05, 4.69) is 4.74 Å². The van der Waals surface area contributed by atoms with Gasteiger partial charge in [-0.25, -0.2) is 8.42 Å². The van der Waals surface area contributed by atoms with Crippen molar-refractivity contribution in [1.29, 1.82) is 0 Å². The van der Waals surface area contributed by atoms with Crippen LogP contribution in [0.2, 0.25) is 0 Å². The van der Waals surface area contributed by atoms with E-state index in [1.54, 1.807) is 0 Å². The van der Waals surface area contributed by atoms with Gasteiger partial charge in [0.25, 0.3) is 0 Å². The number of nitrogens with zero attached hydrogens (tertiary/aromatic N) is 1. The summed E-state index contributed by atoms with van der Waals surface area (Å²) in [6.45, 7) is -0.731. The number of carboxylic acid groups (broad SMARTS) is 1. The molecule has 30 heavy (non-hydrogen) atoms. The smallest absolute Gasteiger partial charge is 0.480 e. The van der Waals surface area contributed by atoms with Crippen molar-refractivity contribution in [2.75, 3.05) is 13.6 Å². The minimum absolute atomic E-state index is 0.0256. The molecule has 0 amide bonds. The van der Waals surface area contributed by atoms with Gasteiger partial charge in [0.2, 0.25) is 10.0 Å². The number of hydrogen-bond donors (Lipinski definition) is 1. The van der Waals surface area contributed by atoms with Crippen molar-refractivity contribution in [3.63, 3.8) is 0 Å². The average molecular weight is 443 g/mol. The molecule has 0 heterocycles. The van der Waals surface area contributed by atoms with E-state index in [-0.39, 0.29) is 16.0 Å². The predicted octanol–water partition coefficient (Wildman–Crippen LogP) is 3.19. The van der Waals surface area contributed by atoms with Crippen molar-refractivity contribution in [1.82, 2.24) is 4.31 Å². The molecule has 0 radical (unpaired) electrons. The summed E-state index contributed by atoms with van der Waals surface area (Å²) >= 11 is 0. The maximum Gasteiger partial charge on any atom is 0.573 e. The number of carbonyl (C=O) groups excluding carboxylic acids is 1. The Morgan fingerprint density at radius 2 is 1.70 bits per heavy atom. The predicted molar refractivity (Wildman–Crippen MR) is 100 cm³/mol. The van der Waals surface area contributed by atoms with Gasteiger partial charge in [0.15, 0.2) is 5.78 Å². The summed E-state index contributed by atoms with van der Waals surface area (Å²) in [5.74, 6) is -2.38. The van der Waals surface area contributed by atoms with E-state index in [1.165, 1.54) is 30.3 Å². The van der Waals surface area contributed by atoms with Gasteiger partial charge in [0, 0.05) is 18.2 Å². The Morgan fingerprint density at radius 3 is 2.27 bits per heavy atom. The summed E-state index contributed by atoms with van der Waals surface area (Å²) < 4.78 is 66.4. The van der Waals surface area contributed by atoms with Gasteiger partial charge in [-0.15, -0.1) is 13.2 Å². The van der Waals surface area contributed by atoms with Crippen LogP contribution >= 0.6 is 0 Å². The van der Waals surface area contributed by atoms with Gasteiger partial charge in [-0.2, -0.15) is 4.31 Å². The molecular formula is C19H16F3NO6S. The SMILES string of the molecule is CN(CC(=O)O)S(=O)(=O)c1ccc(C(=O)/C=C/c2ccccc2OC(F)(F)F)cc1. The number of ketones is 1. The molecule has 7 nitrogen and oxygen atoms in total. The summed E-state index contributed by atoms with van der Waals surface area (Å²) in [6, 6.07) is 9.95. The van der Waals surface area contributed by atoms with E-state index >= 15 is 0 Å². The first-order valence-electron chi connectivity index (χ1n) is 8.25. The molecule has 0 saturated heterocycles. The van der Waals surface area contributed by atoms with Gasteiger partial charge < -0.3 is 9.84 Å². The second kappa shape index (κ2) is 9.09. The molecular weight excluding hydrogens is 427 g/mol. The zero-order valence-electron chi connectivity index (χ0n) is 15.5. The second-order valence-corrected chi connectivity index (χ2v) is 8.01. The van der Waals surface area contributed by atoms with E-state index in [0.717, 1.165) is 37.4 Å². The van der Waals surface area contributed by atoms with E-state index < -0.39 is 40.4 Å². The molecule has 0 bridgehead atoms. The maximum absolute atomic E-state index is 12.4. The largest absolute Gasteiger partial charge is 0.573 e. The average Bonchev–Trinajstić information content (AvgIpc) is 2.65. The van der Waals surface area contributed by atoms with Crippen LogP contribution in [0, 0.1) is 0 Å². The topological polar surface area (TPSA) is 101 Å². The van der Waals surface area contributed by atoms with Gasteiger partial charge in [0.1, 0.15) is 12.3 Å². The first kappa shape index (κ1) is 23.1. The Hall–Kier alpha value is -3.18. The van der Waals surface area contributed by atoms with Crippen molar-refractivity contribution < 1.29 is 41.0 Å². The van der Waals surface area contributed by atoms with Crippen LogP contribution < -0.4 is 4.74 Å². The lowest BCUT2D eigenvalue weighted by atomic mass is 10.1. The quantitative estimate of drug-likeness (QED) is 0.497. The first-order valence-corrected chi connectivity index (χ1v) is 9.69. The third kappa shape index (κ3) is 6.16. The zero-order valence-corrected chi connectivity index (χ0v) is 16.3. The molecule has 0 aliphatic carbocycles. The molecule has 11 heteroatoms. The molecule has 160 valence electrons. The number of carboxylic acids is 1. The van der Waals surface area contributed by atoms with Crippen molar-refractivity contribution in [3.8, 4) is 5.75 Å². The number of hydrogen-bond acceptors (Lipinski definition) is 5. The van der Waals surface area contributed by atoms with Crippen LogP contribution in [-0.2, 0) is 14.8 Å². The fraction of sp³-hybridized carbons (Fsp3) is 0.158. The Bertz CT molecular complexity index is 1060. The highest BCUT2D eigenvalue weighted by molar-refractivity contribution is 7.89. The standard InChI is InChI=1S/C19H16F3NO6S/c1-23(12-18(25)26)30(27,28)15-9-6-13(7-10-15)16(24)11-8-14-4-2-3-5-17(14)29-19(20,21)22/h2-11H,12H2,1H3,(H,25,26)/b11-8+. The number of benzene rings is 2. The summed E-state index contributed by atoms with van der Waals surface area (Å²) in [6.07, 6.45) is -2.71. The highest BCUT2D eigenvalue weighted by Gasteiger charge is 2.31. The molecule has 2 aromatic carbocycles. The molecule has 0 aliphatic heterocycles. The number of halogens is 3. The molecule has 0 spiro atoms. The van der Waals surface area contributed by atoms with Crippen LogP contribution in [0.5, 0.6) is 5.75 Å². The van der Waals surface area contributed by atoms with Crippen LogP contribution in [0.25, 0.3) is 6.08 Å². The van der Waals surface area contributed by atoms with Gasteiger partial charge in [-0.1, -0.05) is 18.2 Å². The van der Waals surface area contributed by atoms with Gasteiger partial charge in [-0.05, 0) is 42.5 Å². The fourth-order valence-corrected chi connectivity index (χ4v) is 3.46. The summed E-state index contributed by atoms with van der Waals surface area (Å²) in [5.41, 5.74) is 0.109. The number of likely N-dealkylation sites (N-methyl/N-ethyl adjacent to an activating group) is 1. The van der Waals surface area contributed by atoms with Crippen LogP contribution in [-0.4, -0.2) is 49.5 Å². The number of sulfonamides is 1. The molecule has 2 rings (SSSR count). The molecule has 0 aromatic heterocycles. The van der Waals surface area contributed by atoms with E-state index in [4.69, 9.17) is 5.11 Å². The number of carbonyl (C=O) groups is 2. The summed E-state index contributed by atoms with van der Waals surface area (Å²) in [7, 11) is -2.95. The molecule has 0 atom stereocenters. The third-order valence-electron chi connectivity index (χ3n) is 3.76. The van der Waals surface area contributed by atoms with Crippen LogP contribution in [0.1, 0.15) is 15.9 Å². The Kier molecular flexibility index (Phi) is 7.00. The minimum Gasteiger partial charge on any atom is -0.480 e. The normalized spacial score (nSPS) is 12.3. The number of alkyl halides is 3. The molecule has 0 aliphatic rings. The molecule has 0 saturated carbocycles. The highest BCUT2D eigenvalue weighted by atomic mass is 32.2. The van der Waals surface area contributed by atoms with Crippen molar-refractivity contribution >= 4 is 27.9 Å². The molecule has 0 fully saturated rings. The molecule has 1 N–H and O–H groups in total. The minimum atomic E-state index is -4.89. The van der Waals surface area contributed by atoms with Crippen LogP contribution in [0.15, 0.2) is 59.5 Å². The van der Waals surface area contributed by atoms with Crippen molar-refractivity contribution in [2.24, 2.45) is 0 Å². The molecule has 0 unspecified atom stereocenters. The Balaban J connectivity index is 2.19. The molecule has 2 aromatic rings. The first-order chi connectivity index (χ1) is 13.9. The van der Waals surface area contributed by atoms with Gasteiger partial charge in [-0.3, -0.25) is 9.59 Å². The lowest BCUT2D eigenvalue weighted by Gasteiger charge is -2.14. The monoisotopic (exact) mass is 443 g/mol. The fourth-order valence-electron chi connectivity index (χ4n) is 2.34. The number of ether oxygens (including phenoxy) is 1. The lowest BCUT2D eigenvalue weighted by molar-refractivity contribution is -0.274. The number of para-hydroxylation sites is 1.